The second kappa shape index (κ2) is 6.50. The maximum Gasteiger partial charge on any atom is 0.360 e. The summed E-state index contributed by atoms with van der Waals surface area (Å²) in [7, 11) is 3.12. The van der Waals surface area contributed by atoms with Crippen molar-refractivity contribution >= 4 is 5.69 Å². The van der Waals surface area contributed by atoms with Crippen LogP contribution in [-0.4, -0.2) is 14.2 Å². The second-order valence-electron chi connectivity index (χ2n) is 5.16. The van der Waals surface area contributed by atoms with Crippen molar-refractivity contribution in [1.29, 1.82) is 0 Å². The number of anilines is 1. The Balaban J connectivity index is 2.16. The minimum atomic E-state index is -0.568. The van der Waals surface area contributed by atoms with E-state index in [-0.39, 0.29) is 5.69 Å². The van der Waals surface area contributed by atoms with E-state index in [1.165, 1.54) is 0 Å². The minimum absolute atomic E-state index is 0.0884. The van der Waals surface area contributed by atoms with Gasteiger partial charge < -0.3 is 19.6 Å². The average molecular weight is 323 g/mol. The molecule has 0 amide bonds. The van der Waals surface area contributed by atoms with E-state index in [1.807, 2.05) is 30.3 Å². The summed E-state index contributed by atoms with van der Waals surface area (Å²) < 4.78 is 15.9. The van der Waals surface area contributed by atoms with Crippen LogP contribution in [0, 0.1) is 0 Å². The Hall–Kier alpha value is -3.21. The molecule has 0 saturated heterocycles. The summed E-state index contributed by atoms with van der Waals surface area (Å²) in [6.07, 6.45) is 0. The van der Waals surface area contributed by atoms with Crippen molar-refractivity contribution in [3.05, 3.63) is 65.0 Å². The van der Waals surface area contributed by atoms with Crippen LogP contribution in [0.3, 0.4) is 0 Å². The van der Waals surface area contributed by atoms with Gasteiger partial charge in [0.05, 0.1) is 14.2 Å². The number of benzene rings is 2. The summed E-state index contributed by atoms with van der Waals surface area (Å²) in [5.41, 5.74) is 7.62. The fraction of sp³-hybridized carbons (Fsp3) is 0.105. The van der Waals surface area contributed by atoms with Crippen molar-refractivity contribution in [1.82, 2.24) is 0 Å². The van der Waals surface area contributed by atoms with Gasteiger partial charge >= 0.3 is 5.63 Å². The molecule has 0 radical (unpaired) electrons. The number of nitrogen functional groups attached to an aromatic ring is 1. The average Bonchev–Trinajstić information content (AvgIpc) is 2.64. The summed E-state index contributed by atoms with van der Waals surface area (Å²) in [6.45, 7) is 0. The van der Waals surface area contributed by atoms with Crippen molar-refractivity contribution in [2.45, 2.75) is 0 Å². The van der Waals surface area contributed by atoms with Gasteiger partial charge in [0.25, 0.3) is 0 Å². The van der Waals surface area contributed by atoms with Gasteiger partial charge in [-0.1, -0.05) is 30.3 Å². The Morgan fingerprint density at radius 1 is 0.875 bits per heavy atom. The monoisotopic (exact) mass is 323 g/mol. The van der Waals surface area contributed by atoms with E-state index in [2.05, 4.69) is 0 Å². The first kappa shape index (κ1) is 15.7. The third-order valence-corrected chi connectivity index (χ3v) is 3.74. The number of hydrogen-bond acceptors (Lipinski definition) is 5. The fourth-order valence-corrected chi connectivity index (χ4v) is 2.49. The molecule has 24 heavy (non-hydrogen) atoms. The molecule has 3 rings (SSSR count). The van der Waals surface area contributed by atoms with Crippen molar-refractivity contribution in [3.63, 3.8) is 0 Å². The highest BCUT2D eigenvalue weighted by Gasteiger charge is 2.14. The van der Waals surface area contributed by atoms with Gasteiger partial charge in [0.1, 0.15) is 11.4 Å². The lowest BCUT2D eigenvalue weighted by molar-refractivity contribution is 0.355. The Labute approximate surface area is 139 Å². The molecule has 3 aromatic rings. The molecule has 2 aromatic carbocycles. The van der Waals surface area contributed by atoms with Crippen LogP contribution in [-0.2, 0) is 0 Å². The number of ether oxygens (including phenoxy) is 2. The standard InChI is InChI=1S/C19H17NO4/c1-22-15-9-8-13(10-17(15)23-2)16-11-14(18(20)19(21)24-16)12-6-4-3-5-7-12/h3-11H,20H2,1-2H3. The van der Waals surface area contributed by atoms with Gasteiger partial charge in [-0.25, -0.2) is 4.79 Å². The molecule has 0 fully saturated rings. The number of methoxy groups -OCH3 is 2. The van der Waals surface area contributed by atoms with Crippen LogP contribution in [0.15, 0.2) is 63.8 Å². The highest BCUT2D eigenvalue weighted by molar-refractivity contribution is 5.79. The van der Waals surface area contributed by atoms with Gasteiger partial charge in [0.2, 0.25) is 0 Å². The van der Waals surface area contributed by atoms with Crippen LogP contribution < -0.4 is 20.8 Å². The molecule has 1 heterocycles. The van der Waals surface area contributed by atoms with E-state index in [9.17, 15) is 4.79 Å². The largest absolute Gasteiger partial charge is 0.493 e. The van der Waals surface area contributed by atoms with Crippen LogP contribution in [0.1, 0.15) is 0 Å². The van der Waals surface area contributed by atoms with Gasteiger partial charge in [0.15, 0.2) is 11.5 Å². The predicted molar refractivity (Wildman–Crippen MR) is 93.4 cm³/mol. The zero-order chi connectivity index (χ0) is 17.1. The molecule has 0 saturated carbocycles. The number of rotatable bonds is 4. The summed E-state index contributed by atoms with van der Waals surface area (Å²) in [4.78, 5) is 12.1. The predicted octanol–water partition coefficient (Wildman–Crippen LogP) is 3.57. The van der Waals surface area contributed by atoms with E-state index >= 15 is 0 Å². The van der Waals surface area contributed by atoms with Crippen LogP contribution in [0.2, 0.25) is 0 Å². The first-order valence-corrected chi connectivity index (χ1v) is 7.35. The maximum atomic E-state index is 12.1. The number of nitrogens with two attached hydrogens (primary N) is 1. The van der Waals surface area contributed by atoms with Crippen LogP contribution >= 0.6 is 0 Å². The molecule has 0 aliphatic heterocycles. The van der Waals surface area contributed by atoms with E-state index in [1.54, 1.807) is 38.5 Å². The van der Waals surface area contributed by atoms with Gasteiger partial charge in [-0.2, -0.15) is 0 Å². The smallest absolute Gasteiger partial charge is 0.360 e. The van der Waals surface area contributed by atoms with Gasteiger partial charge in [-0.05, 0) is 29.8 Å². The normalized spacial score (nSPS) is 10.4. The Morgan fingerprint density at radius 3 is 2.25 bits per heavy atom. The molecule has 2 N–H and O–H groups in total. The van der Waals surface area contributed by atoms with Gasteiger partial charge in [-0.3, -0.25) is 0 Å². The van der Waals surface area contributed by atoms with Crippen molar-refractivity contribution in [3.8, 4) is 33.9 Å². The Morgan fingerprint density at radius 2 is 1.58 bits per heavy atom. The molecule has 0 aliphatic rings. The molecule has 5 heteroatoms. The summed E-state index contributed by atoms with van der Waals surface area (Å²) >= 11 is 0. The summed E-state index contributed by atoms with van der Waals surface area (Å²) in [6, 6.07) is 16.5. The van der Waals surface area contributed by atoms with Gasteiger partial charge in [-0.15, -0.1) is 0 Å². The van der Waals surface area contributed by atoms with E-state index in [4.69, 9.17) is 19.6 Å². The van der Waals surface area contributed by atoms with E-state index in [0.29, 0.717) is 28.4 Å². The lowest BCUT2D eigenvalue weighted by Crippen LogP contribution is -2.09. The quantitative estimate of drug-likeness (QED) is 0.794. The number of hydrogen-bond donors (Lipinski definition) is 1. The molecule has 0 atom stereocenters. The fourth-order valence-electron chi connectivity index (χ4n) is 2.49. The van der Waals surface area contributed by atoms with E-state index < -0.39 is 5.63 Å². The molecule has 122 valence electrons. The Bertz CT molecular complexity index is 916. The second-order valence-corrected chi connectivity index (χ2v) is 5.16. The first-order valence-electron chi connectivity index (χ1n) is 7.35. The molecular weight excluding hydrogens is 306 g/mol. The third kappa shape index (κ3) is 2.84. The first-order chi connectivity index (χ1) is 11.6. The molecule has 0 aliphatic carbocycles. The maximum absolute atomic E-state index is 12.1. The lowest BCUT2D eigenvalue weighted by atomic mass is 10.0. The molecule has 5 nitrogen and oxygen atoms in total. The van der Waals surface area contributed by atoms with Gasteiger partial charge in [0, 0.05) is 11.1 Å². The summed E-state index contributed by atoms with van der Waals surface area (Å²) in [5, 5.41) is 0. The zero-order valence-electron chi connectivity index (χ0n) is 13.4. The molecular formula is C19H17NO4. The Kier molecular flexibility index (Phi) is 4.24. The van der Waals surface area contributed by atoms with E-state index in [0.717, 1.165) is 5.56 Å². The third-order valence-electron chi connectivity index (χ3n) is 3.74. The zero-order valence-corrected chi connectivity index (χ0v) is 13.4. The van der Waals surface area contributed by atoms with Crippen LogP contribution in [0.5, 0.6) is 11.5 Å². The van der Waals surface area contributed by atoms with Crippen LogP contribution in [0.4, 0.5) is 5.69 Å². The molecule has 1 aromatic heterocycles. The molecule has 0 unspecified atom stereocenters. The molecule has 0 spiro atoms. The lowest BCUT2D eigenvalue weighted by Gasteiger charge is -2.11. The minimum Gasteiger partial charge on any atom is -0.493 e. The van der Waals surface area contributed by atoms with Crippen molar-refractivity contribution in [2.75, 3.05) is 20.0 Å². The topological polar surface area (TPSA) is 74.7 Å². The highest BCUT2D eigenvalue weighted by atomic mass is 16.5. The van der Waals surface area contributed by atoms with Crippen molar-refractivity contribution < 1.29 is 13.9 Å². The highest BCUT2D eigenvalue weighted by Crippen LogP contribution is 2.34. The SMILES string of the molecule is COc1ccc(-c2cc(-c3ccccc3)c(N)c(=O)o2)cc1OC. The molecule has 0 bridgehead atoms. The summed E-state index contributed by atoms with van der Waals surface area (Å²) in [5.74, 6) is 1.56. The van der Waals surface area contributed by atoms with Crippen molar-refractivity contribution in [2.24, 2.45) is 0 Å². The van der Waals surface area contributed by atoms with Crippen LogP contribution in [0.25, 0.3) is 22.5 Å².